The molecular weight excluding hydrogens is 204 g/mol. The molecule has 1 aromatic heterocycles. The van der Waals surface area contributed by atoms with E-state index in [0.29, 0.717) is 13.2 Å². The van der Waals surface area contributed by atoms with Crippen LogP contribution in [0.15, 0.2) is 18.3 Å². The Labute approximate surface area is 97.0 Å². The second-order valence-corrected chi connectivity index (χ2v) is 4.23. The molecule has 0 bridgehead atoms. The topological polar surface area (TPSA) is 43.4 Å². The Bertz CT molecular complexity index is 327. The Morgan fingerprint density at radius 2 is 2.19 bits per heavy atom. The van der Waals surface area contributed by atoms with Crippen LogP contribution in [0.4, 0.5) is 5.82 Å². The smallest absolute Gasteiger partial charge is 0.169 e. The average molecular weight is 224 g/mol. The van der Waals surface area contributed by atoms with Gasteiger partial charge in [0.1, 0.15) is 0 Å². The van der Waals surface area contributed by atoms with Crippen LogP contribution in [0.2, 0.25) is 0 Å². The molecule has 0 aliphatic heterocycles. The van der Waals surface area contributed by atoms with Crippen molar-refractivity contribution in [1.82, 2.24) is 4.98 Å². The first-order valence-corrected chi connectivity index (χ1v) is 5.44. The maximum atomic E-state index is 5.50. The molecule has 90 valence electrons. The SMILES string of the molecule is CCOc1cccnc1NC(C)(C)COC. The van der Waals surface area contributed by atoms with Gasteiger partial charge in [-0.1, -0.05) is 0 Å². The fourth-order valence-electron chi connectivity index (χ4n) is 1.47. The second kappa shape index (κ2) is 5.70. The van der Waals surface area contributed by atoms with Gasteiger partial charge in [0.15, 0.2) is 11.6 Å². The highest BCUT2D eigenvalue weighted by atomic mass is 16.5. The van der Waals surface area contributed by atoms with Crippen molar-refractivity contribution >= 4 is 5.82 Å². The van der Waals surface area contributed by atoms with Crippen molar-refractivity contribution in [2.45, 2.75) is 26.3 Å². The summed E-state index contributed by atoms with van der Waals surface area (Å²) in [6.07, 6.45) is 1.74. The van der Waals surface area contributed by atoms with E-state index in [-0.39, 0.29) is 5.54 Å². The van der Waals surface area contributed by atoms with Crippen LogP contribution in [0.25, 0.3) is 0 Å². The van der Waals surface area contributed by atoms with Crippen molar-refractivity contribution < 1.29 is 9.47 Å². The molecule has 0 aromatic carbocycles. The van der Waals surface area contributed by atoms with Gasteiger partial charge in [-0.05, 0) is 32.9 Å². The number of nitrogens with zero attached hydrogens (tertiary/aromatic N) is 1. The highest BCUT2D eigenvalue weighted by Crippen LogP contribution is 2.24. The fourth-order valence-corrected chi connectivity index (χ4v) is 1.47. The summed E-state index contributed by atoms with van der Waals surface area (Å²) in [5, 5.41) is 3.31. The van der Waals surface area contributed by atoms with E-state index in [1.54, 1.807) is 13.3 Å². The summed E-state index contributed by atoms with van der Waals surface area (Å²) in [5.74, 6) is 1.53. The summed E-state index contributed by atoms with van der Waals surface area (Å²) in [4.78, 5) is 4.27. The van der Waals surface area contributed by atoms with Crippen molar-refractivity contribution in [3.8, 4) is 5.75 Å². The molecule has 16 heavy (non-hydrogen) atoms. The number of rotatable bonds is 6. The Hall–Kier alpha value is -1.29. The summed E-state index contributed by atoms with van der Waals surface area (Å²) in [6, 6.07) is 3.77. The Balaban J connectivity index is 2.79. The molecular formula is C12H20N2O2. The number of pyridine rings is 1. The number of ether oxygens (including phenoxy) is 2. The Morgan fingerprint density at radius 1 is 1.44 bits per heavy atom. The van der Waals surface area contributed by atoms with Crippen LogP contribution in [0.5, 0.6) is 5.75 Å². The van der Waals surface area contributed by atoms with Gasteiger partial charge in [0.05, 0.1) is 18.8 Å². The Kier molecular flexibility index (Phi) is 4.55. The van der Waals surface area contributed by atoms with E-state index in [2.05, 4.69) is 24.1 Å². The molecule has 0 saturated heterocycles. The maximum absolute atomic E-state index is 5.50. The average Bonchev–Trinajstić information content (AvgIpc) is 2.20. The molecule has 1 heterocycles. The van der Waals surface area contributed by atoms with Crippen molar-refractivity contribution in [2.24, 2.45) is 0 Å². The zero-order valence-electron chi connectivity index (χ0n) is 10.4. The van der Waals surface area contributed by atoms with Crippen LogP contribution in [0, 0.1) is 0 Å². The first-order chi connectivity index (χ1) is 7.59. The number of nitrogens with one attached hydrogen (secondary N) is 1. The van der Waals surface area contributed by atoms with Crippen molar-refractivity contribution in [3.05, 3.63) is 18.3 Å². The minimum absolute atomic E-state index is 0.172. The van der Waals surface area contributed by atoms with E-state index in [1.807, 2.05) is 19.1 Å². The third-order valence-electron chi connectivity index (χ3n) is 2.03. The van der Waals surface area contributed by atoms with Gasteiger partial charge in [-0.15, -0.1) is 0 Å². The standard InChI is InChI=1S/C12H20N2O2/c1-5-16-10-7-6-8-13-11(10)14-12(2,3)9-15-4/h6-8H,5,9H2,1-4H3,(H,13,14). The third-order valence-corrected chi connectivity index (χ3v) is 2.03. The minimum Gasteiger partial charge on any atom is -0.490 e. The lowest BCUT2D eigenvalue weighted by atomic mass is 10.1. The molecule has 0 fully saturated rings. The molecule has 0 spiro atoms. The lowest BCUT2D eigenvalue weighted by molar-refractivity contribution is 0.157. The number of methoxy groups -OCH3 is 1. The monoisotopic (exact) mass is 224 g/mol. The summed E-state index contributed by atoms with van der Waals surface area (Å²) >= 11 is 0. The first kappa shape index (κ1) is 12.8. The van der Waals surface area contributed by atoms with E-state index in [1.165, 1.54) is 0 Å². The molecule has 4 nitrogen and oxygen atoms in total. The summed E-state index contributed by atoms with van der Waals surface area (Å²) in [5.41, 5.74) is -0.172. The van der Waals surface area contributed by atoms with Crippen molar-refractivity contribution in [2.75, 3.05) is 25.6 Å². The summed E-state index contributed by atoms with van der Waals surface area (Å²) in [6.45, 7) is 7.30. The van der Waals surface area contributed by atoms with E-state index < -0.39 is 0 Å². The van der Waals surface area contributed by atoms with E-state index in [9.17, 15) is 0 Å². The van der Waals surface area contributed by atoms with Crippen LogP contribution in [-0.4, -0.2) is 30.8 Å². The second-order valence-electron chi connectivity index (χ2n) is 4.23. The zero-order valence-corrected chi connectivity index (χ0v) is 10.4. The van der Waals surface area contributed by atoms with Gasteiger partial charge in [-0.3, -0.25) is 0 Å². The van der Waals surface area contributed by atoms with Crippen LogP contribution in [0.3, 0.4) is 0 Å². The molecule has 0 amide bonds. The molecule has 4 heteroatoms. The Morgan fingerprint density at radius 3 is 2.81 bits per heavy atom. The van der Waals surface area contributed by atoms with E-state index in [4.69, 9.17) is 9.47 Å². The van der Waals surface area contributed by atoms with Crippen LogP contribution < -0.4 is 10.1 Å². The molecule has 1 N–H and O–H groups in total. The van der Waals surface area contributed by atoms with Crippen LogP contribution in [-0.2, 0) is 4.74 Å². The van der Waals surface area contributed by atoms with Crippen molar-refractivity contribution in [3.63, 3.8) is 0 Å². The normalized spacial score (nSPS) is 11.2. The van der Waals surface area contributed by atoms with E-state index in [0.717, 1.165) is 11.6 Å². The fraction of sp³-hybridized carbons (Fsp3) is 0.583. The van der Waals surface area contributed by atoms with Crippen LogP contribution in [0.1, 0.15) is 20.8 Å². The molecule has 0 aliphatic rings. The molecule has 0 unspecified atom stereocenters. The number of aromatic nitrogens is 1. The minimum atomic E-state index is -0.172. The molecule has 1 aromatic rings. The van der Waals surface area contributed by atoms with Gasteiger partial charge in [0.25, 0.3) is 0 Å². The van der Waals surface area contributed by atoms with Gasteiger partial charge in [0.2, 0.25) is 0 Å². The quantitative estimate of drug-likeness (QED) is 0.805. The predicted octanol–water partition coefficient (Wildman–Crippen LogP) is 2.32. The molecule has 0 aliphatic carbocycles. The van der Waals surface area contributed by atoms with Gasteiger partial charge < -0.3 is 14.8 Å². The highest BCUT2D eigenvalue weighted by molar-refractivity contribution is 5.51. The summed E-state index contributed by atoms with van der Waals surface area (Å²) < 4.78 is 10.6. The maximum Gasteiger partial charge on any atom is 0.169 e. The lowest BCUT2D eigenvalue weighted by Gasteiger charge is -2.26. The highest BCUT2D eigenvalue weighted by Gasteiger charge is 2.19. The zero-order chi connectivity index (χ0) is 12.0. The van der Waals surface area contributed by atoms with Gasteiger partial charge in [-0.25, -0.2) is 4.98 Å². The third kappa shape index (κ3) is 3.70. The number of hydrogen-bond acceptors (Lipinski definition) is 4. The number of anilines is 1. The van der Waals surface area contributed by atoms with Gasteiger partial charge >= 0.3 is 0 Å². The molecule has 1 rings (SSSR count). The van der Waals surface area contributed by atoms with E-state index >= 15 is 0 Å². The summed E-state index contributed by atoms with van der Waals surface area (Å²) in [7, 11) is 1.69. The molecule has 0 saturated carbocycles. The van der Waals surface area contributed by atoms with Crippen LogP contribution >= 0.6 is 0 Å². The molecule has 0 atom stereocenters. The van der Waals surface area contributed by atoms with Gasteiger partial charge in [-0.2, -0.15) is 0 Å². The first-order valence-electron chi connectivity index (χ1n) is 5.44. The lowest BCUT2D eigenvalue weighted by Crippen LogP contribution is -2.36. The largest absolute Gasteiger partial charge is 0.490 e. The predicted molar refractivity (Wildman–Crippen MR) is 65.0 cm³/mol. The van der Waals surface area contributed by atoms with Gasteiger partial charge in [0, 0.05) is 13.3 Å². The van der Waals surface area contributed by atoms with Crippen molar-refractivity contribution in [1.29, 1.82) is 0 Å². The number of hydrogen-bond donors (Lipinski definition) is 1. The molecule has 0 radical (unpaired) electrons.